The fraction of sp³-hybridized carbons (Fsp3) is 0.296. The molecule has 0 atom stereocenters. The van der Waals surface area contributed by atoms with Crippen LogP contribution in [0.3, 0.4) is 0 Å². The molecule has 0 unspecified atom stereocenters. The number of aromatic nitrogens is 2. The molecule has 0 saturated carbocycles. The average Bonchev–Trinajstić information content (AvgIpc) is 3.16. The number of carbonyl (C=O) groups excluding carboxylic acids is 1. The molecular formula is C27H25F3N4OS. The Kier molecular flexibility index (Phi) is 6.42. The Morgan fingerprint density at radius 2 is 1.61 bits per heavy atom. The van der Waals surface area contributed by atoms with Crippen LogP contribution in [0.4, 0.5) is 19.0 Å². The summed E-state index contributed by atoms with van der Waals surface area (Å²) in [6.07, 6.45) is -3.79. The van der Waals surface area contributed by atoms with Gasteiger partial charge in [-0.2, -0.15) is 13.2 Å². The lowest BCUT2D eigenvalue weighted by molar-refractivity contribution is -0.137. The standard InChI is InChI=1S/C27H25F3N4OS/c1-17-18(2)36-25-23(17)24(31-22(32-25)16-19-6-4-3-5-7-19)33-12-14-34(15-13-33)26(35)20-8-10-21(11-9-20)27(28,29)30/h3-11H,12-16H2,1-2H3. The molecule has 5 nitrogen and oxygen atoms in total. The van der Waals surface area contributed by atoms with Crippen molar-refractivity contribution < 1.29 is 18.0 Å². The molecule has 0 bridgehead atoms. The molecule has 2 aromatic heterocycles. The maximum atomic E-state index is 12.9. The van der Waals surface area contributed by atoms with Crippen LogP contribution in [0.1, 0.15) is 37.7 Å². The van der Waals surface area contributed by atoms with Gasteiger partial charge < -0.3 is 9.80 Å². The van der Waals surface area contributed by atoms with Gasteiger partial charge in [-0.1, -0.05) is 30.3 Å². The first kappa shape index (κ1) is 24.2. The molecule has 186 valence electrons. The van der Waals surface area contributed by atoms with Gasteiger partial charge in [-0.25, -0.2) is 9.97 Å². The largest absolute Gasteiger partial charge is 0.416 e. The number of aryl methyl sites for hydroxylation is 2. The third kappa shape index (κ3) is 4.80. The number of alkyl halides is 3. The molecule has 1 saturated heterocycles. The molecule has 4 aromatic rings. The number of nitrogens with zero attached hydrogens (tertiary/aromatic N) is 4. The number of anilines is 1. The third-order valence-corrected chi connectivity index (χ3v) is 7.69. The van der Waals surface area contributed by atoms with Crippen molar-refractivity contribution in [2.24, 2.45) is 0 Å². The average molecular weight is 511 g/mol. The van der Waals surface area contributed by atoms with E-state index in [4.69, 9.17) is 9.97 Å². The second-order valence-electron chi connectivity index (χ2n) is 8.94. The summed E-state index contributed by atoms with van der Waals surface area (Å²) in [5, 5.41) is 1.05. The van der Waals surface area contributed by atoms with Crippen LogP contribution in [0.15, 0.2) is 54.6 Å². The molecule has 2 aromatic carbocycles. The van der Waals surface area contributed by atoms with E-state index in [9.17, 15) is 18.0 Å². The predicted octanol–water partition coefficient (Wildman–Crippen LogP) is 5.88. The smallest absolute Gasteiger partial charge is 0.352 e. The number of piperazine rings is 1. The Balaban J connectivity index is 1.36. The van der Waals surface area contributed by atoms with Crippen LogP contribution in [-0.2, 0) is 12.6 Å². The Hall–Kier alpha value is -3.46. The fourth-order valence-corrected chi connectivity index (χ4v) is 5.51. The number of rotatable bonds is 4. The Bertz CT molecular complexity index is 1390. The van der Waals surface area contributed by atoms with Crippen LogP contribution >= 0.6 is 11.3 Å². The van der Waals surface area contributed by atoms with Crippen LogP contribution < -0.4 is 4.90 Å². The van der Waals surface area contributed by atoms with Gasteiger partial charge in [-0.3, -0.25) is 4.79 Å². The lowest BCUT2D eigenvalue weighted by Crippen LogP contribution is -2.49. The first-order chi connectivity index (χ1) is 17.2. The van der Waals surface area contributed by atoms with Crippen LogP contribution in [0, 0.1) is 13.8 Å². The molecule has 0 spiro atoms. The van der Waals surface area contributed by atoms with Gasteiger partial charge in [0.25, 0.3) is 5.91 Å². The van der Waals surface area contributed by atoms with Crippen LogP contribution in [0.5, 0.6) is 0 Å². The van der Waals surface area contributed by atoms with Crippen molar-refractivity contribution in [2.45, 2.75) is 26.4 Å². The van der Waals surface area contributed by atoms with Crippen LogP contribution in [-0.4, -0.2) is 47.0 Å². The number of hydrogen-bond acceptors (Lipinski definition) is 5. The third-order valence-electron chi connectivity index (χ3n) is 6.59. The van der Waals surface area contributed by atoms with Gasteiger partial charge >= 0.3 is 6.18 Å². The van der Waals surface area contributed by atoms with E-state index in [1.54, 1.807) is 16.2 Å². The molecule has 1 fully saturated rings. The minimum atomic E-state index is -4.42. The molecule has 5 rings (SSSR count). The first-order valence-corrected chi connectivity index (χ1v) is 12.5. The predicted molar refractivity (Wildman–Crippen MR) is 136 cm³/mol. The lowest BCUT2D eigenvalue weighted by atomic mass is 10.1. The van der Waals surface area contributed by atoms with Crippen molar-refractivity contribution >= 4 is 33.3 Å². The van der Waals surface area contributed by atoms with Crippen molar-refractivity contribution in [1.29, 1.82) is 0 Å². The lowest BCUT2D eigenvalue weighted by Gasteiger charge is -2.36. The Labute approximate surface area is 211 Å². The van der Waals surface area contributed by atoms with E-state index >= 15 is 0 Å². The second kappa shape index (κ2) is 9.54. The highest BCUT2D eigenvalue weighted by Gasteiger charge is 2.31. The van der Waals surface area contributed by atoms with Crippen molar-refractivity contribution in [1.82, 2.24) is 14.9 Å². The van der Waals surface area contributed by atoms with Gasteiger partial charge in [0.15, 0.2) is 0 Å². The SMILES string of the molecule is Cc1sc2nc(Cc3ccccc3)nc(N3CCN(C(=O)c4ccc(C(F)(F)F)cc4)CC3)c2c1C. The van der Waals surface area contributed by atoms with Crippen molar-refractivity contribution in [3.05, 3.63) is 87.6 Å². The zero-order valence-corrected chi connectivity index (χ0v) is 20.8. The van der Waals surface area contributed by atoms with E-state index < -0.39 is 11.7 Å². The van der Waals surface area contributed by atoms with Crippen molar-refractivity contribution in [3.63, 3.8) is 0 Å². The number of hydrogen-bond donors (Lipinski definition) is 0. The van der Waals surface area contributed by atoms with Gasteiger partial charge in [0.1, 0.15) is 16.5 Å². The molecule has 0 radical (unpaired) electrons. The van der Waals surface area contributed by atoms with E-state index in [1.165, 1.54) is 22.6 Å². The minimum Gasteiger partial charge on any atom is -0.352 e. The van der Waals surface area contributed by atoms with Crippen LogP contribution in [0.2, 0.25) is 0 Å². The number of benzene rings is 2. The molecule has 1 aliphatic heterocycles. The molecule has 3 heterocycles. The van der Waals surface area contributed by atoms with E-state index in [0.29, 0.717) is 32.6 Å². The quantitative estimate of drug-likeness (QED) is 0.344. The number of thiophene rings is 1. The van der Waals surface area contributed by atoms with E-state index in [-0.39, 0.29) is 11.5 Å². The molecule has 0 aliphatic carbocycles. The highest BCUT2D eigenvalue weighted by atomic mass is 32.1. The highest BCUT2D eigenvalue weighted by molar-refractivity contribution is 7.18. The summed E-state index contributed by atoms with van der Waals surface area (Å²) in [5.41, 5.74) is 1.80. The van der Waals surface area contributed by atoms with Crippen molar-refractivity contribution in [3.8, 4) is 0 Å². The number of amides is 1. The molecule has 0 N–H and O–H groups in total. The van der Waals surface area contributed by atoms with E-state index in [2.05, 4.69) is 30.9 Å². The molecule has 9 heteroatoms. The summed E-state index contributed by atoms with van der Waals surface area (Å²) in [6, 6.07) is 14.5. The van der Waals surface area contributed by atoms with E-state index in [0.717, 1.165) is 39.6 Å². The number of halogens is 3. The normalized spacial score (nSPS) is 14.5. The summed E-state index contributed by atoms with van der Waals surface area (Å²) >= 11 is 1.66. The molecule has 1 amide bonds. The first-order valence-electron chi connectivity index (χ1n) is 11.7. The number of carbonyl (C=O) groups is 1. The van der Waals surface area contributed by atoms with E-state index in [1.807, 2.05) is 18.2 Å². The summed E-state index contributed by atoms with van der Waals surface area (Å²) in [4.78, 5) is 28.8. The molecule has 1 aliphatic rings. The maximum Gasteiger partial charge on any atom is 0.416 e. The van der Waals surface area contributed by atoms with Gasteiger partial charge in [0, 0.05) is 43.0 Å². The fourth-order valence-electron chi connectivity index (χ4n) is 4.46. The zero-order valence-electron chi connectivity index (χ0n) is 20.0. The zero-order chi connectivity index (χ0) is 25.4. The van der Waals surface area contributed by atoms with Gasteiger partial charge in [-0.05, 0) is 49.2 Å². The van der Waals surface area contributed by atoms with Gasteiger partial charge in [0.05, 0.1) is 10.9 Å². The monoisotopic (exact) mass is 510 g/mol. The van der Waals surface area contributed by atoms with Crippen molar-refractivity contribution in [2.75, 3.05) is 31.1 Å². The second-order valence-corrected chi connectivity index (χ2v) is 10.1. The highest BCUT2D eigenvalue weighted by Crippen LogP contribution is 2.36. The topological polar surface area (TPSA) is 49.3 Å². The summed E-state index contributed by atoms with van der Waals surface area (Å²) in [6.45, 7) is 6.25. The molecule has 36 heavy (non-hydrogen) atoms. The Morgan fingerprint density at radius 3 is 2.25 bits per heavy atom. The molecular weight excluding hydrogens is 485 g/mol. The summed E-state index contributed by atoms with van der Waals surface area (Å²) < 4.78 is 38.6. The Morgan fingerprint density at radius 1 is 0.944 bits per heavy atom. The van der Waals surface area contributed by atoms with Crippen LogP contribution in [0.25, 0.3) is 10.2 Å². The number of fused-ring (bicyclic) bond motifs is 1. The maximum absolute atomic E-state index is 12.9. The van der Waals surface area contributed by atoms with Gasteiger partial charge in [-0.15, -0.1) is 11.3 Å². The minimum absolute atomic E-state index is 0.260. The van der Waals surface area contributed by atoms with Gasteiger partial charge in [0.2, 0.25) is 0 Å². The summed E-state index contributed by atoms with van der Waals surface area (Å²) in [5.74, 6) is 1.38. The summed E-state index contributed by atoms with van der Waals surface area (Å²) in [7, 11) is 0.